The van der Waals surface area contributed by atoms with Crippen LogP contribution in [0.2, 0.25) is 0 Å². The van der Waals surface area contributed by atoms with Crippen LogP contribution in [0.3, 0.4) is 0 Å². The highest BCUT2D eigenvalue weighted by Gasteiger charge is 2.51. The van der Waals surface area contributed by atoms with E-state index in [4.69, 9.17) is 0 Å². The molecule has 2 aliphatic heterocycles. The summed E-state index contributed by atoms with van der Waals surface area (Å²) in [5.41, 5.74) is 0.723. The lowest BCUT2D eigenvalue weighted by atomic mass is 9.85. The van der Waals surface area contributed by atoms with E-state index in [0.29, 0.717) is 11.8 Å². The summed E-state index contributed by atoms with van der Waals surface area (Å²) in [5, 5.41) is 3.46. The molecule has 4 nitrogen and oxygen atoms in total. The van der Waals surface area contributed by atoms with Crippen molar-refractivity contribution in [1.29, 1.82) is 0 Å². The first kappa shape index (κ1) is 14.1. The molecule has 0 spiro atoms. The van der Waals surface area contributed by atoms with Crippen LogP contribution >= 0.6 is 15.9 Å². The zero-order valence-corrected chi connectivity index (χ0v) is 13.9. The lowest BCUT2D eigenvalue weighted by Crippen LogP contribution is -2.48. The lowest BCUT2D eigenvalue weighted by molar-refractivity contribution is 0.0592. The second kappa shape index (κ2) is 4.88. The fourth-order valence-corrected chi connectivity index (χ4v) is 4.28. The third kappa shape index (κ3) is 2.02. The van der Waals surface area contributed by atoms with Crippen LogP contribution in [0.25, 0.3) is 0 Å². The molecule has 2 unspecified atom stereocenters. The van der Waals surface area contributed by atoms with Gasteiger partial charge in [-0.25, -0.2) is 0 Å². The number of aromatic nitrogens is 1. The van der Waals surface area contributed by atoms with Gasteiger partial charge in [0, 0.05) is 42.4 Å². The highest BCUT2D eigenvalue weighted by atomic mass is 79.9. The summed E-state index contributed by atoms with van der Waals surface area (Å²) < 4.78 is 3.00. The molecule has 1 N–H and O–H groups in total. The van der Waals surface area contributed by atoms with E-state index in [0.717, 1.165) is 36.3 Å². The van der Waals surface area contributed by atoms with E-state index < -0.39 is 0 Å². The van der Waals surface area contributed by atoms with Crippen molar-refractivity contribution in [2.45, 2.75) is 32.9 Å². The summed E-state index contributed by atoms with van der Waals surface area (Å²) in [6.45, 7) is 10.2. The molecule has 3 rings (SSSR count). The molecular formula is C15H22BrN3O. The first-order valence-corrected chi connectivity index (χ1v) is 8.12. The first-order valence-electron chi connectivity index (χ1n) is 7.33. The van der Waals surface area contributed by atoms with Gasteiger partial charge in [0.15, 0.2) is 0 Å². The summed E-state index contributed by atoms with van der Waals surface area (Å²) >= 11 is 3.48. The molecule has 0 radical (unpaired) electrons. The Balaban J connectivity index is 1.91. The van der Waals surface area contributed by atoms with Gasteiger partial charge in [0.1, 0.15) is 5.69 Å². The van der Waals surface area contributed by atoms with Gasteiger partial charge in [-0.2, -0.15) is 0 Å². The van der Waals surface area contributed by atoms with Crippen LogP contribution in [0.5, 0.6) is 0 Å². The quantitative estimate of drug-likeness (QED) is 0.897. The minimum atomic E-state index is -0.0689. The highest BCUT2D eigenvalue weighted by Crippen LogP contribution is 2.41. The third-order valence-electron chi connectivity index (χ3n) is 5.03. The van der Waals surface area contributed by atoms with Crippen LogP contribution in [0.15, 0.2) is 16.7 Å². The lowest BCUT2D eigenvalue weighted by Gasteiger charge is -2.35. The number of rotatable bonds is 2. The molecule has 3 heterocycles. The number of amides is 1. The van der Waals surface area contributed by atoms with Crippen molar-refractivity contribution in [2.75, 3.05) is 19.6 Å². The Bertz CT molecular complexity index is 537. The van der Waals surface area contributed by atoms with Crippen LogP contribution in [0, 0.1) is 11.8 Å². The Hall–Kier alpha value is -0.810. The molecule has 2 atom stereocenters. The summed E-state index contributed by atoms with van der Waals surface area (Å²) in [6, 6.07) is 1.94. The normalized spacial score (nSPS) is 27.9. The van der Waals surface area contributed by atoms with E-state index >= 15 is 0 Å². The van der Waals surface area contributed by atoms with Crippen molar-refractivity contribution in [2.24, 2.45) is 11.8 Å². The summed E-state index contributed by atoms with van der Waals surface area (Å²) in [4.78, 5) is 15.0. The Kier molecular flexibility index (Phi) is 3.45. The molecule has 0 aromatic carbocycles. The summed E-state index contributed by atoms with van der Waals surface area (Å²) in [6.07, 6.45) is 1.98. The Morgan fingerprint density at radius 2 is 2.25 bits per heavy atom. The van der Waals surface area contributed by atoms with Crippen molar-refractivity contribution in [3.8, 4) is 0 Å². The first-order chi connectivity index (χ1) is 9.45. The fourth-order valence-electron chi connectivity index (χ4n) is 3.82. The number of carbonyl (C=O) groups excluding carboxylic acids is 1. The number of nitrogens with one attached hydrogen (secondary N) is 1. The summed E-state index contributed by atoms with van der Waals surface area (Å²) in [5.74, 6) is 1.33. The number of halogens is 1. The molecule has 1 aromatic heterocycles. The Morgan fingerprint density at radius 1 is 1.50 bits per heavy atom. The smallest absolute Gasteiger partial charge is 0.270 e. The average Bonchev–Trinajstić information content (AvgIpc) is 3.05. The molecule has 110 valence electrons. The predicted octanol–water partition coefficient (Wildman–Crippen LogP) is 2.34. The van der Waals surface area contributed by atoms with Crippen LogP contribution in [0.1, 0.15) is 31.3 Å². The predicted molar refractivity (Wildman–Crippen MR) is 82.8 cm³/mol. The van der Waals surface area contributed by atoms with Gasteiger partial charge in [-0.3, -0.25) is 4.79 Å². The minimum absolute atomic E-state index is 0.0689. The van der Waals surface area contributed by atoms with Gasteiger partial charge >= 0.3 is 0 Å². The molecular weight excluding hydrogens is 318 g/mol. The number of aryl methyl sites for hydroxylation is 1. The molecule has 2 saturated heterocycles. The van der Waals surface area contributed by atoms with Gasteiger partial charge in [0.25, 0.3) is 5.91 Å². The zero-order chi connectivity index (χ0) is 14.5. The van der Waals surface area contributed by atoms with Gasteiger partial charge in [-0.05, 0) is 54.6 Å². The van der Waals surface area contributed by atoms with Crippen molar-refractivity contribution in [3.05, 3.63) is 22.4 Å². The highest BCUT2D eigenvalue weighted by molar-refractivity contribution is 9.10. The van der Waals surface area contributed by atoms with Gasteiger partial charge < -0.3 is 14.8 Å². The topological polar surface area (TPSA) is 37.3 Å². The van der Waals surface area contributed by atoms with Gasteiger partial charge in [0.2, 0.25) is 0 Å². The van der Waals surface area contributed by atoms with Crippen LogP contribution in [-0.4, -0.2) is 40.5 Å². The number of hydrogen-bond donors (Lipinski definition) is 1. The summed E-state index contributed by atoms with van der Waals surface area (Å²) in [7, 11) is 0. The van der Waals surface area contributed by atoms with Crippen molar-refractivity contribution in [1.82, 2.24) is 14.8 Å². The minimum Gasteiger partial charge on any atom is -0.343 e. The van der Waals surface area contributed by atoms with E-state index in [1.165, 1.54) is 0 Å². The number of hydrogen-bond acceptors (Lipinski definition) is 2. The van der Waals surface area contributed by atoms with E-state index in [1.807, 2.05) is 16.8 Å². The van der Waals surface area contributed by atoms with Crippen molar-refractivity contribution in [3.63, 3.8) is 0 Å². The molecule has 0 saturated carbocycles. The van der Waals surface area contributed by atoms with Crippen molar-refractivity contribution < 1.29 is 4.79 Å². The van der Waals surface area contributed by atoms with E-state index in [9.17, 15) is 4.79 Å². The monoisotopic (exact) mass is 339 g/mol. The van der Waals surface area contributed by atoms with Crippen molar-refractivity contribution >= 4 is 21.8 Å². The van der Waals surface area contributed by atoms with E-state index in [1.54, 1.807) is 0 Å². The van der Waals surface area contributed by atoms with Crippen LogP contribution in [0.4, 0.5) is 0 Å². The number of nitrogens with zero attached hydrogens (tertiary/aromatic N) is 2. The Morgan fingerprint density at radius 3 is 2.90 bits per heavy atom. The second-order valence-electron chi connectivity index (χ2n) is 6.42. The molecule has 20 heavy (non-hydrogen) atoms. The van der Waals surface area contributed by atoms with E-state index in [2.05, 4.69) is 46.9 Å². The number of carbonyl (C=O) groups is 1. The van der Waals surface area contributed by atoms with E-state index in [-0.39, 0.29) is 11.4 Å². The molecule has 2 aliphatic rings. The number of likely N-dealkylation sites (tertiary alicyclic amines) is 1. The second-order valence-corrected chi connectivity index (χ2v) is 7.34. The molecule has 2 fully saturated rings. The van der Waals surface area contributed by atoms with Crippen LogP contribution in [-0.2, 0) is 6.54 Å². The van der Waals surface area contributed by atoms with Gasteiger partial charge in [-0.1, -0.05) is 0 Å². The van der Waals surface area contributed by atoms with Gasteiger partial charge in [0.05, 0.1) is 0 Å². The molecule has 1 aromatic rings. The standard InChI is InChI=1S/C15H22BrN3O/c1-4-18-9-11(16)5-13(18)14(20)19-8-10-6-17-7-12(10)15(19,2)3/h5,9-10,12,17H,4,6-8H2,1-3H3. The molecule has 1 amide bonds. The maximum absolute atomic E-state index is 13.0. The SMILES string of the molecule is CCn1cc(Br)cc1C(=O)N1CC2CNCC2C1(C)C. The fraction of sp³-hybridized carbons (Fsp3) is 0.667. The average molecular weight is 340 g/mol. The third-order valence-corrected chi connectivity index (χ3v) is 5.46. The zero-order valence-electron chi connectivity index (χ0n) is 12.3. The van der Waals surface area contributed by atoms with Crippen LogP contribution < -0.4 is 5.32 Å². The Labute approximate surface area is 128 Å². The molecule has 0 bridgehead atoms. The largest absolute Gasteiger partial charge is 0.343 e. The maximum Gasteiger partial charge on any atom is 0.270 e. The molecule has 5 heteroatoms. The number of fused-ring (bicyclic) bond motifs is 1. The molecule has 0 aliphatic carbocycles. The van der Waals surface area contributed by atoms with Gasteiger partial charge in [-0.15, -0.1) is 0 Å². The maximum atomic E-state index is 13.0.